The van der Waals surface area contributed by atoms with Crippen molar-refractivity contribution in [2.45, 2.75) is 26.7 Å². The van der Waals surface area contributed by atoms with E-state index in [0.29, 0.717) is 6.61 Å². The molecule has 0 atom stereocenters. The summed E-state index contributed by atoms with van der Waals surface area (Å²) in [5, 5.41) is 12.6. The van der Waals surface area contributed by atoms with E-state index in [1.54, 1.807) is 18.3 Å². The number of hydrogen-bond acceptors (Lipinski definition) is 7. The summed E-state index contributed by atoms with van der Waals surface area (Å²) in [6.45, 7) is 5.51. The van der Waals surface area contributed by atoms with E-state index in [1.165, 1.54) is 0 Å². The van der Waals surface area contributed by atoms with Crippen molar-refractivity contribution in [3.8, 4) is 0 Å². The van der Waals surface area contributed by atoms with Crippen LogP contribution in [0.1, 0.15) is 24.8 Å². The third-order valence-corrected chi connectivity index (χ3v) is 4.26. The molecule has 1 aromatic heterocycles. The third kappa shape index (κ3) is 4.38. The van der Waals surface area contributed by atoms with E-state index < -0.39 is 5.97 Å². The van der Waals surface area contributed by atoms with E-state index in [9.17, 15) is 9.59 Å². The number of aryl methyl sites for hydroxylation is 1. The smallest absolute Gasteiger partial charge is 0.325 e. The minimum Gasteiger partial charge on any atom is -0.465 e. The summed E-state index contributed by atoms with van der Waals surface area (Å²) in [6.07, 6.45) is 1.51. The summed E-state index contributed by atoms with van der Waals surface area (Å²) >= 11 is 1.57. The monoisotopic (exact) mass is 312 g/mol. The predicted molar refractivity (Wildman–Crippen MR) is 79.2 cm³/mol. The molecule has 7 nitrogen and oxygen atoms in total. The lowest BCUT2D eigenvalue weighted by Crippen LogP contribution is -2.42. The van der Waals surface area contributed by atoms with Gasteiger partial charge in [0.15, 0.2) is 0 Å². The fourth-order valence-electron chi connectivity index (χ4n) is 2.26. The molecule has 0 aromatic carbocycles. The number of nitrogens with one attached hydrogen (secondary N) is 1. The Morgan fingerprint density at radius 3 is 2.67 bits per heavy atom. The van der Waals surface area contributed by atoms with Crippen molar-refractivity contribution in [2.24, 2.45) is 5.92 Å². The summed E-state index contributed by atoms with van der Waals surface area (Å²) in [7, 11) is 0. The lowest BCUT2D eigenvalue weighted by molar-refractivity contribution is -0.143. The summed E-state index contributed by atoms with van der Waals surface area (Å²) in [4.78, 5) is 25.4. The van der Waals surface area contributed by atoms with Crippen LogP contribution in [-0.2, 0) is 14.3 Å². The second-order valence-corrected chi connectivity index (χ2v) is 6.05. The van der Waals surface area contributed by atoms with Gasteiger partial charge in [-0.05, 0) is 26.7 Å². The number of aromatic nitrogens is 2. The second-order valence-electron chi connectivity index (χ2n) is 4.89. The Morgan fingerprint density at radius 2 is 2.10 bits per heavy atom. The maximum Gasteiger partial charge on any atom is 0.325 e. The van der Waals surface area contributed by atoms with Crippen molar-refractivity contribution in [3.05, 3.63) is 5.01 Å². The maximum absolute atomic E-state index is 12.0. The Balaban J connectivity index is 1.75. The number of piperidine rings is 1. The highest BCUT2D eigenvalue weighted by atomic mass is 32.1. The minimum atomic E-state index is -0.396. The summed E-state index contributed by atoms with van der Waals surface area (Å²) in [5.74, 6) is -0.520. The van der Waals surface area contributed by atoms with Gasteiger partial charge in [0.25, 0.3) is 0 Å². The molecule has 1 amide bonds. The fraction of sp³-hybridized carbons (Fsp3) is 0.692. The van der Waals surface area contributed by atoms with E-state index in [4.69, 9.17) is 4.74 Å². The van der Waals surface area contributed by atoms with Crippen LogP contribution >= 0.6 is 11.3 Å². The first kappa shape index (κ1) is 15.7. The molecule has 1 N–H and O–H groups in total. The lowest BCUT2D eigenvalue weighted by atomic mass is 9.96. The van der Waals surface area contributed by atoms with Gasteiger partial charge in [0.2, 0.25) is 11.0 Å². The minimum absolute atomic E-state index is 0.0512. The van der Waals surface area contributed by atoms with E-state index in [0.717, 1.165) is 36.1 Å². The highest BCUT2D eigenvalue weighted by Gasteiger charge is 2.26. The molecule has 0 radical (unpaired) electrons. The van der Waals surface area contributed by atoms with Crippen molar-refractivity contribution in [1.82, 2.24) is 15.5 Å². The maximum atomic E-state index is 12.0. The fourth-order valence-corrected chi connectivity index (χ4v) is 3.00. The van der Waals surface area contributed by atoms with Gasteiger partial charge in [-0.25, -0.2) is 0 Å². The first-order valence-electron chi connectivity index (χ1n) is 7.08. The molecule has 0 unspecified atom stereocenters. The Labute approximate surface area is 127 Å². The van der Waals surface area contributed by atoms with E-state index in [1.807, 2.05) is 6.92 Å². The molecule has 1 aliphatic rings. The highest BCUT2D eigenvalue weighted by Crippen LogP contribution is 2.25. The Bertz CT molecular complexity index is 497. The number of nitrogens with zero attached hydrogens (tertiary/aromatic N) is 3. The molecule has 2 heterocycles. The Morgan fingerprint density at radius 1 is 1.38 bits per heavy atom. The number of rotatable bonds is 5. The molecule has 1 saturated heterocycles. The van der Waals surface area contributed by atoms with Gasteiger partial charge >= 0.3 is 5.97 Å². The van der Waals surface area contributed by atoms with Crippen LogP contribution in [0.3, 0.4) is 0 Å². The van der Waals surface area contributed by atoms with Crippen molar-refractivity contribution in [3.63, 3.8) is 0 Å². The van der Waals surface area contributed by atoms with Gasteiger partial charge in [0.05, 0.1) is 6.61 Å². The van der Waals surface area contributed by atoms with Gasteiger partial charge in [-0.1, -0.05) is 11.3 Å². The number of carbonyl (C=O) groups excluding carboxylic acids is 2. The number of anilines is 1. The molecular weight excluding hydrogens is 292 g/mol. The van der Waals surface area contributed by atoms with Gasteiger partial charge in [-0.2, -0.15) is 0 Å². The van der Waals surface area contributed by atoms with Crippen LogP contribution in [0, 0.1) is 12.8 Å². The lowest BCUT2D eigenvalue weighted by Gasteiger charge is -2.30. The SMILES string of the molecule is CCOC(=O)CNC(=O)C1CCN(c2nnc(C)s2)CC1. The topological polar surface area (TPSA) is 84.4 Å². The van der Waals surface area contributed by atoms with E-state index in [2.05, 4.69) is 20.4 Å². The van der Waals surface area contributed by atoms with Gasteiger partial charge < -0.3 is 15.0 Å². The largest absolute Gasteiger partial charge is 0.465 e. The van der Waals surface area contributed by atoms with Crippen LogP contribution in [-0.4, -0.2) is 48.3 Å². The number of ether oxygens (including phenoxy) is 1. The molecule has 1 aromatic rings. The van der Waals surface area contributed by atoms with E-state index >= 15 is 0 Å². The quantitative estimate of drug-likeness (QED) is 0.807. The van der Waals surface area contributed by atoms with Crippen molar-refractivity contribution < 1.29 is 14.3 Å². The molecule has 116 valence electrons. The Kier molecular flexibility index (Phi) is 5.49. The number of carbonyl (C=O) groups is 2. The molecule has 21 heavy (non-hydrogen) atoms. The van der Waals surface area contributed by atoms with Crippen molar-refractivity contribution in [2.75, 3.05) is 31.1 Å². The zero-order chi connectivity index (χ0) is 15.2. The van der Waals surface area contributed by atoms with Crippen LogP contribution in [0.25, 0.3) is 0 Å². The summed E-state index contributed by atoms with van der Waals surface area (Å²) in [6, 6.07) is 0. The average molecular weight is 312 g/mol. The number of amides is 1. The van der Waals surface area contributed by atoms with Gasteiger partial charge in [-0.3, -0.25) is 9.59 Å². The predicted octanol–water partition coefficient (Wildman–Crippen LogP) is 0.742. The first-order valence-corrected chi connectivity index (χ1v) is 7.90. The van der Waals surface area contributed by atoms with E-state index in [-0.39, 0.29) is 18.4 Å². The molecule has 2 rings (SSSR count). The van der Waals surface area contributed by atoms with Gasteiger partial charge in [0.1, 0.15) is 11.6 Å². The number of hydrogen-bond donors (Lipinski definition) is 1. The standard InChI is InChI=1S/C13H20N4O3S/c1-3-20-11(18)8-14-12(19)10-4-6-17(7-5-10)13-16-15-9(2)21-13/h10H,3-8H2,1-2H3,(H,14,19). The zero-order valence-corrected chi connectivity index (χ0v) is 13.1. The average Bonchev–Trinajstić information content (AvgIpc) is 2.92. The molecule has 1 fully saturated rings. The first-order chi connectivity index (χ1) is 10.1. The molecule has 0 spiro atoms. The Hall–Kier alpha value is -1.70. The third-order valence-electron chi connectivity index (χ3n) is 3.36. The van der Waals surface area contributed by atoms with Crippen LogP contribution in [0.5, 0.6) is 0 Å². The second kappa shape index (κ2) is 7.35. The molecule has 0 saturated carbocycles. The van der Waals surface area contributed by atoms with Crippen LogP contribution in [0.2, 0.25) is 0 Å². The van der Waals surface area contributed by atoms with Crippen molar-refractivity contribution >= 4 is 28.3 Å². The molecule has 8 heteroatoms. The molecular formula is C13H20N4O3S. The van der Waals surface area contributed by atoms with Gasteiger partial charge in [0, 0.05) is 19.0 Å². The van der Waals surface area contributed by atoms with Crippen LogP contribution in [0.15, 0.2) is 0 Å². The zero-order valence-electron chi connectivity index (χ0n) is 12.3. The summed E-state index contributed by atoms with van der Waals surface area (Å²) < 4.78 is 4.78. The summed E-state index contributed by atoms with van der Waals surface area (Å²) in [5.41, 5.74) is 0. The molecule has 1 aliphatic heterocycles. The van der Waals surface area contributed by atoms with Crippen LogP contribution in [0.4, 0.5) is 5.13 Å². The number of esters is 1. The highest BCUT2D eigenvalue weighted by molar-refractivity contribution is 7.15. The van der Waals surface area contributed by atoms with Crippen LogP contribution < -0.4 is 10.2 Å². The van der Waals surface area contributed by atoms with Gasteiger partial charge in [-0.15, -0.1) is 10.2 Å². The van der Waals surface area contributed by atoms with Crippen molar-refractivity contribution in [1.29, 1.82) is 0 Å². The molecule has 0 bridgehead atoms. The molecule has 0 aliphatic carbocycles. The normalized spacial score (nSPS) is 15.8.